The zero-order valence-electron chi connectivity index (χ0n) is 12.0. The normalized spacial score (nSPS) is 11.3. The molecule has 0 fully saturated rings. The molecule has 0 saturated carbocycles. The van der Waals surface area contributed by atoms with Crippen LogP contribution in [0.5, 0.6) is 0 Å². The average Bonchev–Trinajstić information content (AvgIpc) is 2.88. The lowest BCUT2D eigenvalue weighted by atomic mass is 10.3. The third-order valence-corrected chi connectivity index (χ3v) is 3.40. The Morgan fingerprint density at radius 2 is 2.16 bits per heavy atom. The summed E-state index contributed by atoms with van der Waals surface area (Å²) in [6.45, 7) is 8.89. The van der Waals surface area contributed by atoms with Crippen LogP contribution in [0.1, 0.15) is 19.4 Å². The van der Waals surface area contributed by atoms with Gasteiger partial charge in [-0.15, -0.1) is 24.0 Å². The van der Waals surface area contributed by atoms with Gasteiger partial charge >= 0.3 is 0 Å². The molecule has 1 rings (SSSR count). The third kappa shape index (κ3) is 8.43. The Balaban J connectivity index is 0.00000324. The fraction of sp³-hybridized carbons (Fsp3) is 0.615. The van der Waals surface area contributed by atoms with Crippen molar-refractivity contribution in [3.05, 3.63) is 22.4 Å². The van der Waals surface area contributed by atoms with Crippen molar-refractivity contribution in [3.63, 3.8) is 0 Å². The van der Waals surface area contributed by atoms with Crippen molar-refractivity contribution in [2.75, 3.05) is 33.2 Å². The van der Waals surface area contributed by atoms with E-state index in [-0.39, 0.29) is 24.0 Å². The fourth-order valence-corrected chi connectivity index (χ4v) is 2.08. The van der Waals surface area contributed by atoms with Crippen LogP contribution in [0.25, 0.3) is 0 Å². The lowest BCUT2D eigenvalue weighted by Crippen LogP contribution is -2.40. The molecule has 0 aliphatic rings. The Labute approximate surface area is 137 Å². The van der Waals surface area contributed by atoms with Crippen LogP contribution >= 0.6 is 35.3 Å². The van der Waals surface area contributed by atoms with E-state index in [1.165, 1.54) is 5.56 Å². The Morgan fingerprint density at radius 3 is 2.74 bits per heavy atom. The number of hydrogen-bond acceptors (Lipinski definition) is 3. The molecular formula is C13H25IN4S. The second-order valence-corrected chi connectivity index (χ2v) is 4.93. The van der Waals surface area contributed by atoms with Crippen molar-refractivity contribution in [3.8, 4) is 0 Å². The maximum atomic E-state index is 4.56. The molecule has 110 valence electrons. The first-order valence-electron chi connectivity index (χ1n) is 6.48. The Morgan fingerprint density at radius 1 is 1.37 bits per heavy atom. The average molecular weight is 396 g/mol. The van der Waals surface area contributed by atoms with Crippen molar-refractivity contribution >= 4 is 41.3 Å². The summed E-state index contributed by atoms with van der Waals surface area (Å²) in [5, 5.41) is 10.8. The van der Waals surface area contributed by atoms with Gasteiger partial charge in [-0.3, -0.25) is 0 Å². The molecule has 0 radical (unpaired) electrons. The molecule has 4 nitrogen and oxygen atoms in total. The van der Waals surface area contributed by atoms with Gasteiger partial charge in [0, 0.05) is 19.6 Å². The van der Waals surface area contributed by atoms with E-state index in [0.717, 1.165) is 38.7 Å². The number of likely N-dealkylation sites (N-methyl/N-ethyl adjacent to an activating group) is 1. The van der Waals surface area contributed by atoms with Crippen LogP contribution in [-0.2, 0) is 6.54 Å². The van der Waals surface area contributed by atoms with Crippen LogP contribution < -0.4 is 10.6 Å². The summed E-state index contributed by atoms with van der Waals surface area (Å²) in [7, 11) is 2.12. The van der Waals surface area contributed by atoms with E-state index in [0.29, 0.717) is 0 Å². The standard InChI is InChI=1S/C13H24N4S.HI/c1-4-14-13(15-7-8-17(3)5-2)16-10-12-6-9-18-11-12;/h6,9,11H,4-5,7-8,10H2,1-3H3,(H2,14,15,16);1H. The molecule has 2 N–H and O–H groups in total. The number of rotatable bonds is 7. The van der Waals surface area contributed by atoms with Gasteiger partial charge in [-0.2, -0.15) is 11.3 Å². The summed E-state index contributed by atoms with van der Waals surface area (Å²) in [6, 6.07) is 2.11. The van der Waals surface area contributed by atoms with Crippen molar-refractivity contribution in [2.24, 2.45) is 4.99 Å². The first-order chi connectivity index (χ1) is 8.76. The maximum Gasteiger partial charge on any atom is 0.191 e. The van der Waals surface area contributed by atoms with Crippen LogP contribution in [0.4, 0.5) is 0 Å². The zero-order valence-corrected chi connectivity index (χ0v) is 15.1. The van der Waals surface area contributed by atoms with Crippen molar-refractivity contribution in [1.29, 1.82) is 0 Å². The van der Waals surface area contributed by atoms with E-state index < -0.39 is 0 Å². The summed E-state index contributed by atoms with van der Waals surface area (Å²) in [5.74, 6) is 0.896. The molecular weight excluding hydrogens is 371 g/mol. The molecule has 0 atom stereocenters. The monoisotopic (exact) mass is 396 g/mol. The quantitative estimate of drug-likeness (QED) is 0.422. The van der Waals surface area contributed by atoms with Gasteiger partial charge in [-0.1, -0.05) is 6.92 Å². The third-order valence-electron chi connectivity index (χ3n) is 2.67. The Bertz CT molecular complexity index is 340. The van der Waals surface area contributed by atoms with E-state index in [9.17, 15) is 0 Å². The first-order valence-corrected chi connectivity index (χ1v) is 7.42. The van der Waals surface area contributed by atoms with Crippen LogP contribution in [-0.4, -0.2) is 44.1 Å². The van der Waals surface area contributed by atoms with E-state index in [4.69, 9.17) is 0 Å². The fourth-order valence-electron chi connectivity index (χ4n) is 1.42. The summed E-state index contributed by atoms with van der Waals surface area (Å²) in [5.41, 5.74) is 1.27. The van der Waals surface area contributed by atoms with E-state index in [1.54, 1.807) is 11.3 Å². The van der Waals surface area contributed by atoms with Gasteiger partial charge in [-0.25, -0.2) is 4.99 Å². The predicted molar refractivity (Wildman–Crippen MR) is 95.7 cm³/mol. The minimum Gasteiger partial charge on any atom is -0.357 e. The topological polar surface area (TPSA) is 39.7 Å². The van der Waals surface area contributed by atoms with Gasteiger partial charge in [0.05, 0.1) is 6.54 Å². The number of nitrogens with one attached hydrogen (secondary N) is 2. The first kappa shape index (κ1) is 18.7. The number of aliphatic imine (C=N–C) groups is 1. The van der Waals surface area contributed by atoms with Crippen LogP contribution in [0.15, 0.2) is 21.8 Å². The van der Waals surface area contributed by atoms with Gasteiger partial charge in [-0.05, 0) is 42.9 Å². The molecule has 19 heavy (non-hydrogen) atoms. The summed E-state index contributed by atoms with van der Waals surface area (Å²) >= 11 is 1.71. The molecule has 0 unspecified atom stereocenters. The second kappa shape index (κ2) is 11.5. The SMILES string of the molecule is CCNC(=NCc1ccsc1)NCCN(C)CC.I. The van der Waals surface area contributed by atoms with Gasteiger partial charge < -0.3 is 15.5 Å². The molecule has 1 aromatic heterocycles. The second-order valence-electron chi connectivity index (χ2n) is 4.15. The largest absolute Gasteiger partial charge is 0.357 e. The highest BCUT2D eigenvalue weighted by Crippen LogP contribution is 2.06. The molecule has 0 spiro atoms. The Hall–Kier alpha value is -0.340. The maximum absolute atomic E-state index is 4.56. The lowest BCUT2D eigenvalue weighted by Gasteiger charge is -2.16. The Kier molecular flexibility index (Phi) is 11.3. The summed E-state index contributed by atoms with van der Waals surface area (Å²) in [6.07, 6.45) is 0. The number of halogens is 1. The number of guanidine groups is 1. The highest BCUT2D eigenvalue weighted by Gasteiger charge is 1.99. The molecule has 6 heteroatoms. The van der Waals surface area contributed by atoms with Crippen molar-refractivity contribution in [2.45, 2.75) is 20.4 Å². The minimum atomic E-state index is 0. The molecule has 0 amide bonds. The van der Waals surface area contributed by atoms with Gasteiger partial charge in [0.2, 0.25) is 0 Å². The molecule has 0 aliphatic carbocycles. The van der Waals surface area contributed by atoms with Gasteiger partial charge in [0.1, 0.15) is 0 Å². The van der Waals surface area contributed by atoms with Gasteiger partial charge in [0.25, 0.3) is 0 Å². The number of thiophene rings is 1. The highest BCUT2D eigenvalue weighted by atomic mass is 127. The van der Waals surface area contributed by atoms with E-state index in [1.807, 2.05) is 0 Å². The van der Waals surface area contributed by atoms with Crippen LogP contribution in [0, 0.1) is 0 Å². The number of hydrogen-bond donors (Lipinski definition) is 2. The lowest BCUT2D eigenvalue weighted by molar-refractivity contribution is 0.357. The minimum absolute atomic E-state index is 0. The molecule has 0 aliphatic heterocycles. The molecule has 1 heterocycles. The van der Waals surface area contributed by atoms with E-state index >= 15 is 0 Å². The van der Waals surface area contributed by atoms with Crippen LogP contribution in [0.2, 0.25) is 0 Å². The molecule has 0 aromatic carbocycles. The van der Waals surface area contributed by atoms with Crippen LogP contribution in [0.3, 0.4) is 0 Å². The number of nitrogens with zero attached hydrogens (tertiary/aromatic N) is 2. The van der Waals surface area contributed by atoms with Crippen molar-refractivity contribution < 1.29 is 0 Å². The smallest absolute Gasteiger partial charge is 0.191 e. The van der Waals surface area contributed by atoms with E-state index in [2.05, 4.69) is 58.2 Å². The van der Waals surface area contributed by atoms with Crippen molar-refractivity contribution in [1.82, 2.24) is 15.5 Å². The molecule has 0 saturated heterocycles. The molecule has 0 bridgehead atoms. The molecule has 1 aromatic rings. The van der Waals surface area contributed by atoms with Gasteiger partial charge in [0.15, 0.2) is 5.96 Å². The highest BCUT2D eigenvalue weighted by molar-refractivity contribution is 14.0. The summed E-state index contributed by atoms with van der Waals surface area (Å²) < 4.78 is 0. The zero-order chi connectivity index (χ0) is 13.2. The summed E-state index contributed by atoms with van der Waals surface area (Å²) in [4.78, 5) is 6.83. The predicted octanol–water partition coefficient (Wildman–Crippen LogP) is 2.37.